The molecule has 1 aromatic carbocycles. The number of rotatable bonds is 3. The zero-order valence-corrected chi connectivity index (χ0v) is 12.4. The van der Waals surface area contributed by atoms with Crippen molar-refractivity contribution in [1.29, 1.82) is 0 Å². The summed E-state index contributed by atoms with van der Waals surface area (Å²) in [4.78, 5) is 5.31. The van der Waals surface area contributed by atoms with Crippen LogP contribution in [0.25, 0.3) is 11.1 Å². The second-order valence-corrected chi connectivity index (χ2v) is 6.11. The van der Waals surface area contributed by atoms with Gasteiger partial charge < -0.3 is 0 Å². The first-order chi connectivity index (χ1) is 9.85. The Labute approximate surface area is 130 Å². The number of nitrogens with zero attached hydrogens (tertiary/aromatic N) is 1. The molecule has 0 spiro atoms. The van der Waals surface area contributed by atoms with E-state index in [9.17, 15) is 25.2 Å². The molecule has 1 aromatic heterocycles. The summed E-state index contributed by atoms with van der Waals surface area (Å²) in [7, 11) is -10.7. The van der Waals surface area contributed by atoms with Crippen LogP contribution in [0, 0.1) is 0 Å². The summed E-state index contributed by atoms with van der Waals surface area (Å²) >= 11 is 0. The van der Waals surface area contributed by atoms with Gasteiger partial charge in [0.25, 0.3) is 0 Å². The van der Waals surface area contributed by atoms with E-state index in [-0.39, 0.29) is 7.43 Å². The zero-order valence-electron chi connectivity index (χ0n) is 11.5. The number of hydrogen-bond donors (Lipinski definition) is 0. The van der Waals surface area contributed by atoms with Gasteiger partial charge >= 0.3 is 33.0 Å². The second-order valence-electron chi connectivity index (χ2n) is 4.19. The van der Waals surface area contributed by atoms with E-state index in [4.69, 9.17) is 4.84 Å². The van der Waals surface area contributed by atoms with Crippen molar-refractivity contribution < 1.29 is 34.7 Å². The third kappa shape index (κ3) is 12.4. The van der Waals surface area contributed by atoms with Crippen molar-refractivity contribution in [2.75, 3.05) is 6.61 Å². The summed E-state index contributed by atoms with van der Waals surface area (Å²) in [6.45, 7) is 2.65. The van der Waals surface area contributed by atoms with Crippen molar-refractivity contribution in [2.24, 2.45) is 0 Å². The first kappa shape index (κ1) is 21.2. The van der Waals surface area contributed by atoms with Crippen LogP contribution in [0.3, 0.4) is 0 Å². The monoisotopic (exact) mass is 361 g/mol. The number of aromatic nitrogens is 1. The molecule has 0 saturated heterocycles. The number of hydrogen-bond acceptors (Lipinski definition) is 1. The van der Waals surface area contributed by atoms with Gasteiger partial charge in [-0.15, -0.1) is 0 Å². The van der Waals surface area contributed by atoms with E-state index in [1.807, 2.05) is 49.6 Å². The molecule has 132 valence electrons. The molecule has 1 heterocycles. The molecule has 23 heavy (non-hydrogen) atoms. The van der Waals surface area contributed by atoms with Crippen LogP contribution in [-0.4, -0.2) is 6.61 Å². The predicted octanol–water partition coefficient (Wildman–Crippen LogP) is 6.11. The molecule has 2 aromatic rings. The summed E-state index contributed by atoms with van der Waals surface area (Å²) in [5.41, 5.74) is 2.42. The van der Waals surface area contributed by atoms with Gasteiger partial charge in [0.15, 0.2) is 6.61 Å². The SMILES string of the molecule is C.CCO[n+]1ccc(-c2ccccc2)cc1.F[P-](F)(F)(F)(F)F. The van der Waals surface area contributed by atoms with Gasteiger partial charge in [-0.25, -0.2) is 0 Å². The van der Waals surface area contributed by atoms with Crippen molar-refractivity contribution in [2.45, 2.75) is 14.4 Å². The minimum atomic E-state index is -10.7. The third-order valence-electron chi connectivity index (χ3n) is 2.19. The normalized spacial score (nSPS) is 13.5. The van der Waals surface area contributed by atoms with Gasteiger partial charge in [0.05, 0.1) is 0 Å². The Morgan fingerprint density at radius 2 is 1.22 bits per heavy atom. The van der Waals surface area contributed by atoms with Gasteiger partial charge in [-0.3, -0.25) is 4.84 Å². The maximum absolute atomic E-state index is 10.7. The predicted molar refractivity (Wildman–Crippen MR) is 79.5 cm³/mol. The van der Waals surface area contributed by atoms with Crippen LogP contribution in [0.5, 0.6) is 0 Å². The number of pyridine rings is 1. The Bertz CT molecular complexity index is 587. The molecule has 0 aliphatic heterocycles. The summed E-state index contributed by atoms with van der Waals surface area (Å²) < 4.78 is 60.9. The molecule has 2 nitrogen and oxygen atoms in total. The van der Waals surface area contributed by atoms with Gasteiger partial charge in [0.2, 0.25) is 12.4 Å². The van der Waals surface area contributed by atoms with Crippen molar-refractivity contribution in [1.82, 2.24) is 0 Å². The molecule has 0 unspecified atom stereocenters. The molecule has 0 saturated carbocycles. The molecular weight excluding hydrogens is 343 g/mol. The summed E-state index contributed by atoms with van der Waals surface area (Å²) in [5.74, 6) is 0. The van der Waals surface area contributed by atoms with Crippen LogP contribution in [-0.2, 0) is 0 Å². The van der Waals surface area contributed by atoms with Crippen molar-refractivity contribution >= 4 is 7.81 Å². The third-order valence-corrected chi connectivity index (χ3v) is 2.19. The average Bonchev–Trinajstić information content (AvgIpc) is 2.37. The van der Waals surface area contributed by atoms with Crippen LogP contribution in [0.15, 0.2) is 54.9 Å². The quantitative estimate of drug-likeness (QED) is 0.365. The van der Waals surface area contributed by atoms with Crippen LogP contribution < -0.4 is 9.57 Å². The van der Waals surface area contributed by atoms with Crippen LogP contribution >= 0.6 is 7.81 Å². The van der Waals surface area contributed by atoms with E-state index in [0.717, 1.165) is 0 Å². The van der Waals surface area contributed by atoms with Gasteiger partial charge in [-0.1, -0.05) is 37.8 Å². The fraction of sp³-hybridized carbons (Fsp3) is 0.214. The summed E-state index contributed by atoms with van der Waals surface area (Å²) in [6.07, 6.45) is 3.84. The number of halogens is 6. The standard InChI is InChI=1S/C13H14NO.CH4.F6P/c1-2-15-14-10-8-13(9-11-14)12-6-4-3-5-7-12;;1-7(2,3,4,5)6/h3-11H,2H2,1H3;1H4;/q+1;;-1. The van der Waals surface area contributed by atoms with Gasteiger partial charge in [0, 0.05) is 16.9 Å². The van der Waals surface area contributed by atoms with Gasteiger partial charge in [-0.2, -0.15) is 0 Å². The molecule has 0 aliphatic carbocycles. The van der Waals surface area contributed by atoms with Crippen molar-refractivity contribution in [3.05, 3.63) is 54.9 Å². The molecule has 2 rings (SSSR count). The molecule has 0 aliphatic rings. The molecule has 0 atom stereocenters. The van der Waals surface area contributed by atoms with E-state index in [1.54, 1.807) is 4.73 Å². The Morgan fingerprint density at radius 1 is 0.826 bits per heavy atom. The molecule has 0 amide bonds. The molecule has 0 N–H and O–H groups in total. The van der Waals surface area contributed by atoms with Gasteiger partial charge in [-0.05, 0) is 18.1 Å². The summed E-state index contributed by atoms with van der Waals surface area (Å²) in [5, 5.41) is 0. The topological polar surface area (TPSA) is 13.1 Å². The Morgan fingerprint density at radius 3 is 1.61 bits per heavy atom. The van der Waals surface area contributed by atoms with E-state index in [1.165, 1.54) is 11.1 Å². The molecule has 0 bridgehead atoms. The fourth-order valence-electron chi connectivity index (χ4n) is 1.47. The summed E-state index contributed by atoms with van der Waals surface area (Å²) in [6, 6.07) is 14.4. The molecule has 0 fully saturated rings. The molecule has 9 heteroatoms. The number of benzene rings is 1. The van der Waals surface area contributed by atoms with Gasteiger partial charge in [0.1, 0.15) is 0 Å². The van der Waals surface area contributed by atoms with Crippen LogP contribution in [0.4, 0.5) is 25.2 Å². The molecular formula is C14H18F6NOP. The second kappa shape index (κ2) is 6.74. The van der Waals surface area contributed by atoms with Crippen molar-refractivity contribution in [3.8, 4) is 11.1 Å². The van der Waals surface area contributed by atoms with E-state index in [2.05, 4.69) is 12.1 Å². The van der Waals surface area contributed by atoms with E-state index >= 15 is 0 Å². The first-order valence-electron chi connectivity index (χ1n) is 6.11. The Hall–Kier alpha value is -1.82. The van der Waals surface area contributed by atoms with E-state index < -0.39 is 7.81 Å². The average molecular weight is 361 g/mol. The minimum absolute atomic E-state index is 0. The first-order valence-corrected chi connectivity index (χ1v) is 8.14. The van der Waals surface area contributed by atoms with Crippen LogP contribution in [0.1, 0.15) is 14.4 Å². The Kier molecular flexibility index (Phi) is 6.21. The maximum atomic E-state index is 9.87. The van der Waals surface area contributed by atoms with Crippen molar-refractivity contribution in [3.63, 3.8) is 0 Å². The Balaban J connectivity index is 0.000000522. The fourth-order valence-corrected chi connectivity index (χ4v) is 1.47. The van der Waals surface area contributed by atoms with E-state index in [0.29, 0.717) is 6.61 Å². The molecule has 0 radical (unpaired) electrons. The van der Waals surface area contributed by atoms with Crippen LogP contribution in [0.2, 0.25) is 0 Å². The zero-order chi connectivity index (χ0) is 16.9.